The lowest BCUT2D eigenvalue weighted by Gasteiger charge is -2.36. The van der Waals surface area contributed by atoms with Gasteiger partial charge in [-0.1, -0.05) is 13.0 Å². The second-order valence-corrected chi connectivity index (χ2v) is 9.23. The number of thiophene rings is 1. The highest BCUT2D eigenvalue weighted by Crippen LogP contribution is 2.39. The van der Waals surface area contributed by atoms with Crippen LogP contribution >= 0.6 is 11.3 Å². The highest BCUT2D eigenvalue weighted by atomic mass is 32.1. The van der Waals surface area contributed by atoms with Crippen LogP contribution in [0, 0.1) is 23.2 Å². The molecule has 2 aromatic rings. The first kappa shape index (κ1) is 21.1. The van der Waals surface area contributed by atoms with Crippen molar-refractivity contribution in [2.24, 2.45) is 11.8 Å². The minimum absolute atomic E-state index is 0.231. The molecule has 31 heavy (non-hydrogen) atoms. The number of nitrogens with zero attached hydrogens (tertiary/aromatic N) is 3. The van der Waals surface area contributed by atoms with Crippen LogP contribution in [0.2, 0.25) is 0 Å². The zero-order chi connectivity index (χ0) is 21.8. The lowest BCUT2D eigenvalue weighted by atomic mass is 9.88. The van der Waals surface area contributed by atoms with E-state index in [2.05, 4.69) is 23.3 Å². The van der Waals surface area contributed by atoms with Crippen LogP contribution in [0.15, 0.2) is 30.6 Å². The van der Waals surface area contributed by atoms with Gasteiger partial charge in [-0.05, 0) is 54.4 Å². The van der Waals surface area contributed by atoms with Crippen molar-refractivity contribution >= 4 is 34.4 Å². The van der Waals surface area contributed by atoms with Gasteiger partial charge in [-0.3, -0.25) is 9.78 Å². The fourth-order valence-corrected chi connectivity index (χ4v) is 5.25. The van der Waals surface area contributed by atoms with Gasteiger partial charge in [0.05, 0.1) is 12.2 Å². The highest BCUT2D eigenvalue weighted by molar-refractivity contribution is 7.16. The molecular formula is C23H24N4O3S. The number of carbonyl (C=O) groups is 2. The second-order valence-electron chi connectivity index (χ2n) is 8.12. The molecule has 160 valence electrons. The SMILES string of the molecule is CC1CN(C(=O)OC[C@H]2CCc3c(sc(NC(=O)/C=C/c4cccnc4)c3C#N)C2)C1. The number of hydrogen-bond acceptors (Lipinski definition) is 6. The lowest BCUT2D eigenvalue weighted by molar-refractivity contribution is -0.111. The van der Waals surface area contributed by atoms with E-state index in [1.807, 2.05) is 6.07 Å². The molecule has 0 aromatic carbocycles. The summed E-state index contributed by atoms with van der Waals surface area (Å²) in [5.74, 6) is 0.496. The van der Waals surface area contributed by atoms with Gasteiger partial charge < -0.3 is 15.0 Å². The molecule has 7 nitrogen and oxygen atoms in total. The molecule has 3 heterocycles. The number of nitrogens with one attached hydrogen (secondary N) is 1. The van der Waals surface area contributed by atoms with Gasteiger partial charge in [-0.25, -0.2) is 4.79 Å². The summed E-state index contributed by atoms with van der Waals surface area (Å²) < 4.78 is 5.49. The highest BCUT2D eigenvalue weighted by Gasteiger charge is 2.30. The third kappa shape index (κ3) is 4.94. The molecule has 1 atom stereocenters. The number of amides is 2. The third-order valence-electron chi connectivity index (χ3n) is 5.59. The summed E-state index contributed by atoms with van der Waals surface area (Å²) >= 11 is 1.45. The maximum atomic E-state index is 12.3. The average Bonchev–Trinajstić information content (AvgIpc) is 3.10. The van der Waals surface area contributed by atoms with Crippen LogP contribution in [0.1, 0.15) is 34.9 Å². The van der Waals surface area contributed by atoms with Gasteiger partial charge in [0.2, 0.25) is 5.91 Å². The molecule has 0 unspecified atom stereocenters. The Bertz CT molecular complexity index is 1040. The molecular weight excluding hydrogens is 412 g/mol. The molecule has 0 saturated carbocycles. The van der Waals surface area contributed by atoms with Crippen molar-refractivity contribution in [3.8, 4) is 6.07 Å². The van der Waals surface area contributed by atoms with Crippen LogP contribution in [0.3, 0.4) is 0 Å². The summed E-state index contributed by atoms with van der Waals surface area (Å²) in [5, 5.41) is 13.1. The second kappa shape index (κ2) is 9.31. The number of carbonyl (C=O) groups excluding carboxylic acids is 2. The van der Waals surface area contributed by atoms with Crippen molar-refractivity contribution in [1.29, 1.82) is 5.26 Å². The van der Waals surface area contributed by atoms with Crippen LogP contribution in [-0.4, -0.2) is 41.6 Å². The number of pyridine rings is 1. The molecule has 8 heteroatoms. The van der Waals surface area contributed by atoms with Crippen molar-refractivity contribution in [2.45, 2.75) is 26.2 Å². The maximum Gasteiger partial charge on any atom is 0.409 e. The van der Waals surface area contributed by atoms with E-state index in [0.717, 1.165) is 48.4 Å². The Morgan fingerprint density at radius 3 is 3.00 bits per heavy atom. The molecule has 1 saturated heterocycles. The van der Waals surface area contributed by atoms with E-state index >= 15 is 0 Å². The number of hydrogen-bond donors (Lipinski definition) is 1. The number of aromatic nitrogens is 1. The molecule has 2 amide bonds. The van der Waals surface area contributed by atoms with E-state index in [-0.39, 0.29) is 17.9 Å². The molecule has 1 N–H and O–H groups in total. The van der Waals surface area contributed by atoms with E-state index in [9.17, 15) is 14.9 Å². The van der Waals surface area contributed by atoms with E-state index in [4.69, 9.17) is 4.74 Å². The normalized spacial score (nSPS) is 18.2. The molecule has 2 aliphatic rings. The molecule has 1 aliphatic heterocycles. The predicted octanol–water partition coefficient (Wildman–Crippen LogP) is 3.86. The number of fused-ring (bicyclic) bond motifs is 1. The largest absolute Gasteiger partial charge is 0.449 e. The Hall–Kier alpha value is -3.18. The Morgan fingerprint density at radius 2 is 2.29 bits per heavy atom. The number of ether oxygens (including phenoxy) is 1. The predicted molar refractivity (Wildman–Crippen MR) is 119 cm³/mol. The monoisotopic (exact) mass is 436 g/mol. The van der Waals surface area contributed by atoms with Gasteiger partial charge in [0.1, 0.15) is 11.1 Å². The fourth-order valence-electron chi connectivity index (χ4n) is 3.93. The maximum absolute atomic E-state index is 12.3. The summed E-state index contributed by atoms with van der Waals surface area (Å²) in [7, 11) is 0. The van der Waals surface area contributed by atoms with Crippen molar-refractivity contribution in [2.75, 3.05) is 25.0 Å². The van der Waals surface area contributed by atoms with E-state index in [1.165, 1.54) is 17.4 Å². The summed E-state index contributed by atoms with van der Waals surface area (Å²) in [6.07, 6.45) is 8.59. The fraction of sp³-hybridized carbons (Fsp3) is 0.391. The Balaban J connectivity index is 1.36. The number of anilines is 1. The van der Waals surface area contributed by atoms with Gasteiger partial charge in [0, 0.05) is 36.4 Å². The summed E-state index contributed by atoms with van der Waals surface area (Å²) in [4.78, 5) is 31.2. The summed E-state index contributed by atoms with van der Waals surface area (Å²) in [6, 6.07) is 5.91. The van der Waals surface area contributed by atoms with Crippen molar-refractivity contribution in [1.82, 2.24) is 9.88 Å². The smallest absolute Gasteiger partial charge is 0.409 e. The van der Waals surface area contributed by atoms with Crippen LogP contribution in [0.5, 0.6) is 0 Å². The number of likely N-dealkylation sites (tertiary alicyclic amines) is 1. The zero-order valence-electron chi connectivity index (χ0n) is 17.3. The Morgan fingerprint density at radius 1 is 1.45 bits per heavy atom. The number of rotatable bonds is 5. The number of nitriles is 1. The molecule has 0 spiro atoms. The molecule has 2 aromatic heterocycles. The van der Waals surface area contributed by atoms with Gasteiger partial charge in [0.15, 0.2) is 0 Å². The first-order valence-electron chi connectivity index (χ1n) is 10.4. The first-order chi connectivity index (χ1) is 15.0. The lowest BCUT2D eigenvalue weighted by Crippen LogP contribution is -2.49. The molecule has 1 aliphatic carbocycles. The zero-order valence-corrected chi connectivity index (χ0v) is 18.2. The van der Waals surface area contributed by atoms with Crippen LogP contribution in [0.4, 0.5) is 9.80 Å². The van der Waals surface area contributed by atoms with Crippen molar-refractivity contribution in [3.63, 3.8) is 0 Å². The van der Waals surface area contributed by atoms with Gasteiger partial charge in [-0.2, -0.15) is 5.26 Å². The van der Waals surface area contributed by atoms with E-state index in [0.29, 0.717) is 23.1 Å². The van der Waals surface area contributed by atoms with E-state index in [1.54, 1.807) is 29.4 Å². The minimum Gasteiger partial charge on any atom is -0.449 e. The van der Waals surface area contributed by atoms with Crippen molar-refractivity contribution < 1.29 is 14.3 Å². The summed E-state index contributed by atoms with van der Waals surface area (Å²) in [5.41, 5.74) is 2.39. The Kier molecular flexibility index (Phi) is 6.33. The third-order valence-corrected chi connectivity index (χ3v) is 6.76. The minimum atomic E-state index is -0.284. The van der Waals surface area contributed by atoms with Crippen LogP contribution < -0.4 is 5.32 Å². The van der Waals surface area contributed by atoms with Gasteiger partial charge in [-0.15, -0.1) is 11.3 Å². The Labute approximate surface area is 185 Å². The molecule has 4 rings (SSSR count). The van der Waals surface area contributed by atoms with Gasteiger partial charge >= 0.3 is 6.09 Å². The van der Waals surface area contributed by atoms with Crippen LogP contribution in [-0.2, 0) is 22.4 Å². The average molecular weight is 437 g/mol. The summed E-state index contributed by atoms with van der Waals surface area (Å²) in [6.45, 7) is 4.03. The topological polar surface area (TPSA) is 95.3 Å². The molecule has 1 fully saturated rings. The van der Waals surface area contributed by atoms with E-state index < -0.39 is 0 Å². The quantitative estimate of drug-likeness (QED) is 0.718. The standard InChI is InChI=1S/C23H24N4O3S/c1-15-12-27(13-15)23(29)30-14-17-4-6-18-19(10-24)22(31-20(18)9-17)26-21(28)7-5-16-3-2-8-25-11-16/h2-3,5,7-8,11,15,17H,4,6,9,12-14H2,1H3,(H,26,28)/b7-5+/t17-/m0/s1. The van der Waals surface area contributed by atoms with Crippen molar-refractivity contribution in [3.05, 3.63) is 52.2 Å². The first-order valence-corrected chi connectivity index (χ1v) is 11.2. The van der Waals surface area contributed by atoms with Gasteiger partial charge in [0.25, 0.3) is 0 Å². The van der Waals surface area contributed by atoms with Crippen LogP contribution in [0.25, 0.3) is 6.08 Å². The molecule has 0 bridgehead atoms. The molecule has 0 radical (unpaired) electrons.